The third-order valence-electron chi connectivity index (χ3n) is 6.54. The number of carbonyl (C=O) groups is 1. The fourth-order valence-electron chi connectivity index (χ4n) is 4.61. The Kier molecular flexibility index (Phi) is 7.51. The van der Waals surface area contributed by atoms with E-state index >= 15 is 0 Å². The molecule has 14 heteroatoms. The highest BCUT2D eigenvalue weighted by Gasteiger charge is 2.34. The zero-order valence-corrected chi connectivity index (χ0v) is 23.0. The summed E-state index contributed by atoms with van der Waals surface area (Å²) in [5.74, 6) is -0.0225. The average Bonchev–Trinajstić information content (AvgIpc) is 3.52. The quantitative estimate of drug-likeness (QED) is 0.344. The molecule has 5 rings (SSSR count). The Morgan fingerprint density at radius 2 is 1.98 bits per heavy atom. The number of hydrogen-bond acceptors (Lipinski definition) is 9. The van der Waals surface area contributed by atoms with Gasteiger partial charge in [0.2, 0.25) is 11.8 Å². The third kappa shape index (κ3) is 6.88. The van der Waals surface area contributed by atoms with Crippen LogP contribution in [0.5, 0.6) is 0 Å². The second kappa shape index (κ2) is 10.9. The number of aromatic nitrogens is 6. The van der Waals surface area contributed by atoms with Crippen LogP contribution in [0.3, 0.4) is 0 Å². The molecule has 0 unspecified atom stereocenters. The minimum absolute atomic E-state index is 0.0529. The Bertz CT molecular complexity index is 1540. The van der Waals surface area contributed by atoms with Crippen molar-refractivity contribution in [2.24, 2.45) is 7.05 Å². The number of anilines is 2. The fourth-order valence-corrected chi connectivity index (χ4v) is 4.61. The number of nitrogens with one attached hydrogen (secondary N) is 2. The normalized spacial score (nSPS) is 16.2. The van der Waals surface area contributed by atoms with Gasteiger partial charge in [-0.15, -0.1) is 0 Å². The van der Waals surface area contributed by atoms with Crippen LogP contribution < -0.4 is 10.6 Å². The zero-order chi connectivity index (χ0) is 29.4. The SMILES string of the molecule is Cn1cc(Nc2nccc(-c3ccc4c(c3)CN(CC(F)(F)F)CC[C@H]4NC(=O)c3noc(C(C)(C)C)n3)n2)cn1. The molecule has 1 aliphatic rings. The Hall–Kier alpha value is -4.33. The van der Waals surface area contributed by atoms with Crippen molar-refractivity contribution in [3.63, 3.8) is 0 Å². The number of carbonyl (C=O) groups excluding carboxylic acids is 1. The predicted octanol–water partition coefficient (Wildman–Crippen LogP) is 4.54. The van der Waals surface area contributed by atoms with E-state index in [0.717, 1.165) is 0 Å². The van der Waals surface area contributed by atoms with Gasteiger partial charge in [0.1, 0.15) is 0 Å². The van der Waals surface area contributed by atoms with Gasteiger partial charge < -0.3 is 15.2 Å². The van der Waals surface area contributed by atoms with Crippen molar-refractivity contribution in [3.8, 4) is 11.3 Å². The molecular weight excluding hydrogens is 539 g/mol. The van der Waals surface area contributed by atoms with Gasteiger partial charge in [-0.3, -0.25) is 14.4 Å². The number of benzene rings is 1. The Morgan fingerprint density at radius 3 is 2.66 bits per heavy atom. The van der Waals surface area contributed by atoms with Gasteiger partial charge in [0.15, 0.2) is 0 Å². The maximum absolute atomic E-state index is 13.4. The third-order valence-corrected chi connectivity index (χ3v) is 6.54. The van der Waals surface area contributed by atoms with Crippen molar-refractivity contribution in [1.29, 1.82) is 0 Å². The molecule has 1 aliphatic heterocycles. The summed E-state index contributed by atoms with van der Waals surface area (Å²) in [6, 6.07) is 6.63. The second-order valence-electron chi connectivity index (χ2n) is 11.0. The standard InChI is InChI=1S/C27H30F3N9O2/c1-26(2,3)24-36-22(37-41-24)23(40)34-21-8-10-39(15-27(28,29)30)13-17-11-16(5-6-19(17)21)20-7-9-31-25(35-20)33-18-12-32-38(4)14-18/h5-7,9,11-12,14,21H,8,10,13,15H2,1-4H3,(H,34,40)(H,31,33,35)/t21-/m1/s1. The van der Waals surface area contributed by atoms with Crippen molar-refractivity contribution in [1.82, 2.24) is 40.1 Å². The van der Waals surface area contributed by atoms with Crippen LogP contribution in [0, 0.1) is 0 Å². The van der Waals surface area contributed by atoms with Gasteiger partial charge in [-0.05, 0) is 29.7 Å². The van der Waals surface area contributed by atoms with Crippen LogP contribution in [0.15, 0.2) is 47.4 Å². The first-order valence-corrected chi connectivity index (χ1v) is 13.0. The second-order valence-corrected chi connectivity index (χ2v) is 11.0. The van der Waals surface area contributed by atoms with Crippen molar-refractivity contribution in [2.45, 2.75) is 51.4 Å². The lowest BCUT2D eigenvalue weighted by Gasteiger charge is -2.22. The topological polar surface area (TPSA) is 127 Å². The molecule has 0 radical (unpaired) electrons. The molecule has 216 valence electrons. The van der Waals surface area contributed by atoms with Crippen LogP contribution >= 0.6 is 0 Å². The maximum Gasteiger partial charge on any atom is 0.401 e. The van der Waals surface area contributed by atoms with E-state index < -0.39 is 30.1 Å². The molecule has 11 nitrogen and oxygen atoms in total. The van der Waals surface area contributed by atoms with Crippen LogP contribution in [-0.2, 0) is 19.0 Å². The van der Waals surface area contributed by atoms with Gasteiger partial charge in [-0.2, -0.15) is 23.3 Å². The summed E-state index contributed by atoms with van der Waals surface area (Å²) in [6.45, 7) is 4.76. The first-order chi connectivity index (χ1) is 19.3. The highest BCUT2D eigenvalue weighted by molar-refractivity contribution is 5.90. The minimum Gasteiger partial charge on any atom is -0.342 e. The number of amides is 1. The minimum atomic E-state index is -4.37. The van der Waals surface area contributed by atoms with E-state index in [1.165, 1.54) is 4.90 Å². The van der Waals surface area contributed by atoms with Gasteiger partial charge in [0, 0.05) is 43.5 Å². The number of hydrogen-bond donors (Lipinski definition) is 2. The number of alkyl halides is 3. The Balaban J connectivity index is 1.43. The lowest BCUT2D eigenvalue weighted by Crippen LogP contribution is -2.35. The first kappa shape index (κ1) is 28.2. The molecule has 0 spiro atoms. The predicted molar refractivity (Wildman–Crippen MR) is 143 cm³/mol. The fraction of sp³-hybridized carbons (Fsp3) is 0.407. The molecule has 1 atom stereocenters. The van der Waals surface area contributed by atoms with Crippen molar-refractivity contribution in [3.05, 3.63) is 65.7 Å². The summed E-state index contributed by atoms with van der Waals surface area (Å²) >= 11 is 0. The molecule has 2 N–H and O–H groups in total. The van der Waals surface area contributed by atoms with E-state index in [0.29, 0.717) is 39.9 Å². The van der Waals surface area contributed by atoms with Gasteiger partial charge in [-0.1, -0.05) is 38.1 Å². The molecule has 4 heterocycles. The van der Waals surface area contributed by atoms with Crippen LogP contribution in [0.2, 0.25) is 0 Å². The molecule has 1 amide bonds. The van der Waals surface area contributed by atoms with E-state index in [-0.39, 0.29) is 25.3 Å². The summed E-state index contributed by atoms with van der Waals surface area (Å²) in [5, 5.41) is 13.9. The van der Waals surface area contributed by atoms with E-state index in [2.05, 4.69) is 35.8 Å². The van der Waals surface area contributed by atoms with Gasteiger partial charge in [0.05, 0.1) is 30.2 Å². The van der Waals surface area contributed by atoms with E-state index in [1.54, 1.807) is 36.4 Å². The molecule has 41 heavy (non-hydrogen) atoms. The largest absolute Gasteiger partial charge is 0.401 e. The van der Waals surface area contributed by atoms with Crippen LogP contribution in [0.25, 0.3) is 11.3 Å². The van der Waals surface area contributed by atoms with Crippen molar-refractivity contribution in [2.75, 3.05) is 18.4 Å². The molecule has 0 aliphatic carbocycles. The Morgan fingerprint density at radius 1 is 1.17 bits per heavy atom. The highest BCUT2D eigenvalue weighted by atomic mass is 19.4. The van der Waals surface area contributed by atoms with Crippen LogP contribution in [0.4, 0.5) is 24.8 Å². The summed E-state index contributed by atoms with van der Waals surface area (Å²) in [5.41, 5.74) is 2.93. The van der Waals surface area contributed by atoms with E-state index in [1.807, 2.05) is 39.0 Å². The van der Waals surface area contributed by atoms with Gasteiger partial charge >= 0.3 is 6.18 Å². The lowest BCUT2D eigenvalue weighted by atomic mass is 9.96. The summed E-state index contributed by atoms with van der Waals surface area (Å²) in [6.07, 6.45) is 0.920. The molecule has 1 aromatic carbocycles. The lowest BCUT2D eigenvalue weighted by molar-refractivity contribution is -0.147. The van der Waals surface area contributed by atoms with Crippen LogP contribution in [0.1, 0.15) is 60.9 Å². The molecule has 4 aromatic rings. The Labute approximate surface area is 234 Å². The van der Waals surface area contributed by atoms with Gasteiger partial charge in [0.25, 0.3) is 11.7 Å². The summed E-state index contributed by atoms with van der Waals surface area (Å²) in [4.78, 5) is 27.4. The van der Waals surface area contributed by atoms with Crippen molar-refractivity contribution < 1.29 is 22.5 Å². The molecule has 0 fully saturated rings. The average molecular weight is 570 g/mol. The smallest absolute Gasteiger partial charge is 0.342 e. The maximum atomic E-state index is 13.4. The van der Waals surface area contributed by atoms with Crippen LogP contribution in [-0.4, -0.2) is 60.0 Å². The van der Waals surface area contributed by atoms with E-state index in [4.69, 9.17) is 4.52 Å². The summed E-state index contributed by atoms with van der Waals surface area (Å²) in [7, 11) is 1.79. The first-order valence-electron chi connectivity index (χ1n) is 13.0. The number of aryl methyl sites for hydroxylation is 1. The molecular formula is C27H30F3N9O2. The van der Waals surface area contributed by atoms with Gasteiger partial charge in [-0.25, -0.2) is 9.97 Å². The van der Waals surface area contributed by atoms with Crippen molar-refractivity contribution >= 4 is 17.5 Å². The number of fused-ring (bicyclic) bond motifs is 1. The number of nitrogens with zero attached hydrogens (tertiary/aromatic N) is 7. The highest BCUT2D eigenvalue weighted by Crippen LogP contribution is 2.32. The monoisotopic (exact) mass is 569 g/mol. The molecule has 0 saturated heterocycles. The number of halogens is 3. The number of rotatable bonds is 6. The molecule has 0 bridgehead atoms. The molecule has 0 saturated carbocycles. The van der Waals surface area contributed by atoms with E-state index in [9.17, 15) is 18.0 Å². The molecule has 3 aromatic heterocycles. The summed E-state index contributed by atoms with van der Waals surface area (Å²) < 4.78 is 47.0. The zero-order valence-electron chi connectivity index (χ0n) is 23.0.